The van der Waals surface area contributed by atoms with Crippen molar-refractivity contribution in [1.82, 2.24) is 15.0 Å². The van der Waals surface area contributed by atoms with Gasteiger partial charge in [0.05, 0.1) is 5.92 Å². The minimum absolute atomic E-state index is 0.118. The van der Waals surface area contributed by atoms with Gasteiger partial charge < -0.3 is 9.84 Å². The molecule has 0 fully saturated rings. The highest BCUT2D eigenvalue weighted by Gasteiger charge is 2.23. The van der Waals surface area contributed by atoms with Crippen molar-refractivity contribution in [3.8, 4) is 17.2 Å². The SMILES string of the molecule is CC(C)C(=O)Oc1cc(C(C)(C)C)cc(-n2nc3ccccc3n2)c1O. The van der Waals surface area contributed by atoms with Gasteiger partial charge in [-0.3, -0.25) is 4.79 Å². The molecule has 1 heterocycles. The molecule has 0 bridgehead atoms. The van der Waals surface area contributed by atoms with E-state index in [1.807, 2.05) is 51.1 Å². The highest BCUT2D eigenvalue weighted by Crippen LogP contribution is 2.38. The van der Waals surface area contributed by atoms with E-state index < -0.39 is 5.97 Å². The zero-order chi connectivity index (χ0) is 19.1. The fourth-order valence-corrected chi connectivity index (χ4v) is 2.45. The molecule has 2 aromatic carbocycles. The number of esters is 1. The zero-order valence-corrected chi connectivity index (χ0v) is 15.6. The molecule has 6 nitrogen and oxygen atoms in total. The number of carbonyl (C=O) groups excluding carboxylic acids is 1. The van der Waals surface area contributed by atoms with Crippen LogP contribution >= 0.6 is 0 Å². The second-order valence-electron chi connectivity index (χ2n) is 7.65. The Morgan fingerprint density at radius 3 is 2.19 bits per heavy atom. The zero-order valence-electron chi connectivity index (χ0n) is 15.6. The molecule has 0 aliphatic rings. The van der Waals surface area contributed by atoms with Crippen LogP contribution in [0.4, 0.5) is 0 Å². The number of phenols is 1. The molecule has 0 atom stereocenters. The van der Waals surface area contributed by atoms with Gasteiger partial charge in [-0.1, -0.05) is 46.8 Å². The van der Waals surface area contributed by atoms with Crippen LogP contribution in [0.5, 0.6) is 11.5 Å². The van der Waals surface area contributed by atoms with Crippen LogP contribution in [0.2, 0.25) is 0 Å². The Bertz CT molecular complexity index is 935. The van der Waals surface area contributed by atoms with Crippen LogP contribution < -0.4 is 4.74 Å². The van der Waals surface area contributed by atoms with E-state index in [1.54, 1.807) is 19.9 Å². The van der Waals surface area contributed by atoms with Crippen LogP contribution in [0.15, 0.2) is 36.4 Å². The maximum Gasteiger partial charge on any atom is 0.313 e. The van der Waals surface area contributed by atoms with Gasteiger partial charge in [0.1, 0.15) is 16.7 Å². The normalized spacial score (nSPS) is 11.9. The van der Waals surface area contributed by atoms with Crippen LogP contribution in [0, 0.1) is 5.92 Å². The lowest BCUT2D eigenvalue weighted by atomic mass is 9.86. The average Bonchev–Trinajstić information content (AvgIpc) is 2.99. The van der Waals surface area contributed by atoms with E-state index in [2.05, 4.69) is 10.2 Å². The van der Waals surface area contributed by atoms with Crippen molar-refractivity contribution in [1.29, 1.82) is 0 Å². The van der Waals surface area contributed by atoms with Crippen molar-refractivity contribution in [2.75, 3.05) is 0 Å². The predicted molar refractivity (Wildman–Crippen MR) is 99.7 cm³/mol. The third kappa shape index (κ3) is 3.40. The van der Waals surface area contributed by atoms with Gasteiger partial charge in [0.15, 0.2) is 11.5 Å². The van der Waals surface area contributed by atoms with Gasteiger partial charge >= 0.3 is 5.97 Å². The molecule has 1 aromatic heterocycles. The van der Waals surface area contributed by atoms with Crippen LogP contribution in [0.1, 0.15) is 40.2 Å². The molecule has 26 heavy (non-hydrogen) atoms. The number of rotatable bonds is 3. The summed E-state index contributed by atoms with van der Waals surface area (Å²) in [5.41, 5.74) is 2.49. The summed E-state index contributed by atoms with van der Waals surface area (Å²) in [5.74, 6) is -0.753. The Hall–Kier alpha value is -2.89. The summed E-state index contributed by atoms with van der Waals surface area (Å²) >= 11 is 0. The maximum atomic E-state index is 12.0. The largest absolute Gasteiger partial charge is 0.503 e. The molecule has 0 unspecified atom stereocenters. The summed E-state index contributed by atoms with van der Waals surface area (Å²) < 4.78 is 5.42. The van der Waals surface area contributed by atoms with E-state index in [0.717, 1.165) is 5.56 Å². The highest BCUT2D eigenvalue weighted by atomic mass is 16.5. The van der Waals surface area contributed by atoms with E-state index in [1.165, 1.54) is 4.80 Å². The van der Waals surface area contributed by atoms with Crippen LogP contribution in [-0.2, 0) is 10.2 Å². The molecule has 136 valence electrons. The average molecular weight is 353 g/mol. The number of benzene rings is 2. The summed E-state index contributed by atoms with van der Waals surface area (Å²) in [5, 5.41) is 19.6. The molecular formula is C20H23N3O3. The fraction of sp³-hybridized carbons (Fsp3) is 0.350. The Labute approximate surface area is 152 Å². The lowest BCUT2D eigenvalue weighted by molar-refractivity contribution is -0.137. The number of ether oxygens (including phenoxy) is 1. The molecule has 1 N–H and O–H groups in total. The summed E-state index contributed by atoms with van der Waals surface area (Å²) in [4.78, 5) is 13.4. The van der Waals surface area contributed by atoms with Gasteiger partial charge in [0, 0.05) is 0 Å². The quantitative estimate of drug-likeness (QED) is 0.569. The van der Waals surface area contributed by atoms with Crippen molar-refractivity contribution in [2.45, 2.75) is 40.0 Å². The number of aromatic hydroxyl groups is 1. The Balaban J connectivity index is 2.18. The summed E-state index contributed by atoms with van der Waals surface area (Å²) in [7, 11) is 0. The minimum atomic E-state index is -0.407. The molecule has 3 rings (SSSR count). The van der Waals surface area contributed by atoms with E-state index in [4.69, 9.17) is 4.74 Å². The number of carbonyl (C=O) groups is 1. The molecule has 0 spiro atoms. The molecule has 0 saturated carbocycles. The Morgan fingerprint density at radius 1 is 1.12 bits per heavy atom. The number of hydrogen-bond acceptors (Lipinski definition) is 5. The molecule has 0 aliphatic carbocycles. The third-order valence-corrected chi connectivity index (χ3v) is 4.10. The summed E-state index contributed by atoms with van der Waals surface area (Å²) in [6, 6.07) is 11.0. The van der Waals surface area contributed by atoms with Gasteiger partial charge in [-0.2, -0.15) is 0 Å². The highest BCUT2D eigenvalue weighted by molar-refractivity contribution is 5.77. The van der Waals surface area contributed by atoms with Gasteiger partial charge in [-0.05, 0) is 35.2 Å². The summed E-state index contributed by atoms with van der Waals surface area (Å²) in [6.07, 6.45) is 0. The first-order valence-corrected chi connectivity index (χ1v) is 8.58. The van der Waals surface area contributed by atoms with Crippen molar-refractivity contribution < 1.29 is 14.6 Å². The van der Waals surface area contributed by atoms with Gasteiger partial charge in [0.25, 0.3) is 0 Å². The lowest BCUT2D eigenvalue weighted by Crippen LogP contribution is -2.17. The molecule has 0 amide bonds. The molecule has 0 saturated heterocycles. The number of fused-ring (bicyclic) bond motifs is 1. The molecule has 6 heteroatoms. The monoisotopic (exact) mass is 353 g/mol. The van der Waals surface area contributed by atoms with Gasteiger partial charge in [-0.25, -0.2) is 0 Å². The first-order valence-electron chi connectivity index (χ1n) is 8.58. The van der Waals surface area contributed by atoms with E-state index in [-0.39, 0.29) is 22.8 Å². The van der Waals surface area contributed by atoms with Crippen LogP contribution in [0.25, 0.3) is 16.7 Å². The first-order chi connectivity index (χ1) is 12.2. The fourth-order valence-electron chi connectivity index (χ4n) is 2.45. The number of aromatic nitrogens is 3. The predicted octanol–water partition coefficient (Wildman–Crippen LogP) is 3.99. The third-order valence-electron chi connectivity index (χ3n) is 4.10. The van der Waals surface area contributed by atoms with Gasteiger partial charge in [0.2, 0.25) is 0 Å². The van der Waals surface area contributed by atoms with Crippen molar-refractivity contribution in [3.05, 3.63) is 42.0 Å². The van der Waals surface area contributed by atoms with Crippen LogP contribution in [-0.4, -0.2) is 26.1 Å². The summed E-state index contributed by atoms with van der Waals surface area (Å²) in [6.45, 7) is 9.63. The topological polar surface area (TPSA) is 77.2 Å². The van der Waals surface area contributed by atoms with Crippen LogP contribution in [0.3, 0.4) is 0 Å². The molecule has 0 radical (unpaired) electrons. The van der Waals surface area contributed by atoms with Crippen molar-refractivity contribution in [2.24, 2.45) is 5.92 Å². The maximum absolute atomic E-state index is 12.0. The van der Waals surface area contributed by atoms with Gasteiger partial charge in [-0.15, -0.1) is 15.0 Å². The van der Waals surface area contributed by atoms with Crippen molar-refractivity contribution >= 4 is 17.0 Å². The number of hydrogen-bond donors (Lipinski definition) is 1. The second kappa shape index (κ2) is 6.44. The first kappa shape index (κ1) is 17.9. The second-order valence-corrected chi connectivity index (χ2v) is 7.65. The Kier molecular flexibility index (Phi) is 4.44. The van der Waals surface area contributed by atoms with E-state index >= 15 is 0 Å². The number of nitrogens with zero attached hydrogens (tertiary/aromatic N) is 3. The standard InChI is InChI=1S/C20H23N3O3/c1-12(2)19(25)26-17-11-13(20(3,4)5)10-16(18(17)24)23-21-14-8-6-7-9-15(14)22-23/h6-12,24H,1-5H3. The molecular weight excluding hydrogens is 330 g/mol. The van der Waals surface area contributed by atoms with E-state index in [9.17, 15) is 9.90 Å². The minimum Gasteiger partial charge on any atom is -0.503 e. The smallest absolute Gasteiger partial charge is 0.313 e. The molecule has 0 aliphatic heterocycles. The van der Waals surface area contributed by atoms with Crippen molar-refractivity contribution in [3.63, 3.8) is 0 Å². The van der Waals surface area contributed by atoms with E-state index in [0.29, 0.717) is 16.7 Å². The molecule has 3 aromatic rings. The number of phenolic OH excluding ortho intramolecular Hbond substituents is 1. The Morgan fingerprint density at radius 2 is 1.69 bits per heavy atom. The lowest BCUT2D eigenvalue weighted by Gasteiger charge is -2.22.